The average Bonchev–Trinajstić information content (AvgIpc) is 2.13. The summed E-state index contributed by atoms with van der Waals surface area (Å²) in [5.41, 5.74) is 0.360. The third-order valence-electron chi connectivity index (χ3n) is 2.20. The number of methoxy groups -OCH3 is 1. The smallest absolute Gasteiger partial charge is 0.126 e. The van der Waals surface area contributed by atoms with Gasteiger partial charge in [0.05, 0.1) is 6.61 Å². The Morgan fingerprint density at radius 3 is 2.25 bits per heavy atom. The van der Waals surface area contributed by atoms with Crippen molar-refractivity contribution in [1.82, 2.24) is 5.32 Å². The van der Waals surface area contributed by atoms with E-state index in [2.05, 4.69) is 5.32 Å². The molecule has 0 aliphatic heterocycles. The molecule has 0 saturated heterocycles. The first-order valence-electron chi connectivity index (χ1n) is 5.12. The van der Waals surface area contributed by atoms with Gasteiger partial charge in [-0.25, -0.2) is 8.78 Å². The Bertz CT molecular complexity index is 333. The van der Waals surface area contributed by atoms with Crippen molar-refractivity contribution in [3.8, 4) is 0 Å². The van der Waals surface area contributed by atoms with Gasteiger partial charge in [-0.15, -0.1) is 0 Å². The summed E-state index contributed by atoms with van der Waals surface area (Å²) in [4.78, 5) is 0. The summed E-state index contributed by atoms with van der Waals surface area (Å²) in [5, 5.41) is 3.17. The minimum atomic E-state index is -0.554. The van der Waals surface area contributed by atoms with Crippen LogP contribution in [-0.2, 0) is 11.3 Å². The standard InChI is InChI=1S/C12H17F2NO/c1-12(2,8-16-3)15-7-9-4-10(13)6-11(14)5-9/h4-6,15H,7-8H2,1-3H3. The SMILES string of the molecule is COCC(C)(C)NCc1cc(F)cc(F)c1. The zero-order chi connectivity index (χ0) is 12.2. The second kappa shape index (κ2) is 5.37. The first kappa shape index (κ1) is 13.1. The first-order valence-corrected chi connectivity index (χ1v) is 5.12. The van der Waals surface area contributed by atoms with Gasteiger partial charge in [0.25, 0.3) is 0 Å². The maximum absolute atomic E-state index is 12.9. The molecule has 0 bridgehead atoms. The molecule has 0 heterocycles. The van der Waals surface area contributed by atoms with E-state index in [0.29, 0.717) is 18.7 Å². The predicted octanol–water partition coefficient (Wildman–Crippen LogP) is 2.48. The number of halogens is 2. The van der Waals surface area contributed by atoms with Crippen LogP contribution in [-0.4, -0.2) is 19.3 Å². The molecule has 0 aromatic heterocycles. The maximum Gasteiger partial charge on any atom is 0.126 e. The molecule has 2 nitrogen and oxygen atoms in total. The predicted molar refractivity (Wildman–Crippen MR) is 59.2 cm³/mol. The van der Waals surface area contributed by atoms with Crippen LogP contribution in [0.1, 0.15) is 19.4 Å². The second-order valence-electron chi connectivity index (χ2n) is 4.45. The van der Waals surface area contributed by atoms with Crippen molar-refractivity contribution in [2.45, 2.75) is 25.9 Å². The van der Waals surface area contributed by atoms with Crippen LogP contribution in [0.5, 0.6) is 0 Å². The van der Waals surface area contributed by atoms with E-state index in [-0.39, 0.29) is 5.54 Å². The van der Waals surface area contributed by atoms with E-state index >= 15 is 0 Å². The lowest BCUT2D eigenvalue weighted by atomic mass is 10.1. The molecule has 0 spiro atoms. The van der Waals surface area contributed by atoms with Crippen LogP contribution >= 0.6 is 0 Å². The molecule has 0 unspecified atom stereocenters. The highest BCUT2D eigenvalue weighted by Crippen LogP contribution is 2.10. The van der Waals surface area contributed by atoms with E-state index in [9.17, 15) is 8.78 Å². The van der Waals surface area contributed by atoms with Gasteiger partial charge in [-0.05, 0) is 31.5 Å². The molecule has 1 rings (SSSR count). The monoisotopic (exact) mass is 229 g/mol. The number of nitrogens with one attached hydrogen (secondary N) is 1. The number of hydrogen-bond donors (Lipinski definition) is 1. The molecule has 0 saturated carbocycles. The highest BCUT2D eigenvalue weighted by Gasteiger charge is 2.16. The van der Waals surface area contributed by atoms with E-state index < -0.39 is 11.6 Å². The van der Waals surface area contributed by atoms with Crippen molar-refractivity contribution < 1.29 is 13.5 Å². The fraction of sp³-hybridized carbons (Fsp3) is 0.500. The summed E-state index contributed by atoms with van der Waals surface area (Å²) in [5.74, 6) is -1.11. The summed E-state index contributed by atoms with van der Waals surface area (Å²) < 4.78 is 30.8. The van der Waals surface area contributed by atoms with Gasteiger partial charge in [0.2, 0.25) is 0 Å². The van der Waals surface area contributed by atoms with Crippen LogP contribution in [0, 0.1) is 11.6 Å². The van der Waals surface area contributed by atoms with Crippen molar-refractivity contribution in [2.24, 2.45) is 0 Å². The van der Waals surface area contributed by atoms with Gasteiger partial charge >= 0.3 is 0 Å². The summed E-state index contributed by atoms with van der Waals surface area (Å²) in [6, 6.07) is 3.50. The van der Waals surface area contributed by atoms with Crippen molar-refractivity contribution in [3.05, 3.63) is 35.4 Å². The van der Waals surface area contributed by atoms with Gasteiger partial charge in [0.15, 0.2) is 0 Å². The van der Waals surface area contributed by atoms with E-state index in [1.807, 2.05) is 13.8 Å². The molecule has 0 atom stereocenters. The van der Waals surface area contributed by atoms with Crippen molar-refractivity contribution in [2.75, 3.05) is 13.7 Å². The van der Waals surface area contributed by atoms with E-state index in [0.717, 1.165) is 6.07 Å². The molecule has 0 radical (unpaired) electrons. The molecule has 1 aromatic carbocycles. The van der Waals surface area contributed by atoms with Gasteiger partial charge < -0.3 is 10.1 Å². The first-order chi connectivity index (χ1) is 7.43. The molecule has 0 fully saturated rings. The molecule has 16 heavy (non-hydrogen) atoms. The summed E-state index contributed by atoms with van der Waals surface area (Å²) >= 11 is 0. The van der Waals surface area contributed by atoms with Gasteiger partial charge in [0, 0.05) is 25.3 Å². The lowest BCUT2D eigenvalue weighted by Crippen LogP contribution is -2.42. The maximum atomic E-state index is 12.9. The van der Waals surface area contributed by atoms with Crippen molar-refractivity contribution >= 4 is 0 Å². The third-order valence-corrected chi connectivity index (χ3v) is 2.20. The van der Waals surface area contributed by atoms with Crippen LogP contribution in [0.4, 0.5) is 8.78 Å². The second-order valence-corrected chi connectivity index (χ2v) is 4.45. The van der Waals surface area contributed by atoms with Gasteiger partial charge in [0.1, 0.15) is 11.6 Å². The lowest BCUT2D eigenvalue weighted by Gasteiger charge is -2.25. The number of benzene rings is 1. The average molecular weight is 229 g/mol. The lowest BCUT2D eigenvalue weighted by molar-refractivity contribution is 0.127. The Morgan fingerprint density at radius 2 is 1.75 bits per heavy atom. The Labute approximate surface area is 94.6 Å². The van der Waals surface area contributed by atoms with Crippen LogP contribution in [0.15, 0.2) is 18.2 Å². The summed E-state index contributed by atoms with van der Waals surface area (Å²) in [6.45, 7) is 4.87. The topological polar surface area (TPSA) is 21.3 Å². The zero-order valence-electron chi connectivity index (χ0n) is 9.81. The van der Waals surface area contributed by atoms with Crippen LogP contribution in [0.25, 0.3) is 0 Å². The molecule has 1 N–H and O–H groups in total. The number of ether oxygens (including phenoxy) is 1. The Hall–Kier alpha value is -1.00. The van der Waals surface area contributed by atoms with E-state index in [1.54, 1.807) is 7.11 Å². The molecule has 0 aliphatic rings. The highest BCUT2D eigenvalue weighted by atomic mass is 19.1. The fourth-order valence-electron chi connectivity index (χ4n) is 1.47. The quantitative estimate of drug-likeness (QED) is 0.837. The summed E-state index contributed by atoms with van der Waals surface area (Å²) in [6.07, 6.45) is 0. The van der Waals surface area contributed by atoms with Crippen LogP contribution < -0.4 is 5.32 Å². The van der Waals surface area contributed by atoms with E-state index in [4.69, 9.17) is 4.74 Å². The molecule has 1 aromatic rings. The van der Waals surface area contributed by atoms with Gasteiger partial charge in [-0.1, -0.05) is 0 Å². The number of hydrogen-bond acceptors (Lipinski definition) is 2. The van der Waals surface area contributed by atoms with Crippen molar-refractivity contribution in [1.29, 1.82) is 0 Å². The third kappa shape index (κ3) is 4.24. The molecular formula is C12H17F2NO. The normalized spacial score (nSPS) is 11.8. The molecule has 0 aliphatic carbocycles. The fourth-order valence-corrected chi connectivity index (χ4v) is 1.47. The van der Waals surface area contributed by atoms with Gasteiger partial charge in [-0.2, -0.15) is 0 Å². The van der Waals surface area contributed by atoms with Gasteiger partial charge in [-0.3, -0.25) is 0 Å². The minimum Gasteiger partial charge on any atom is -0.383 e. The molecular weight excluding hydrogens is 212 g/mol. The number of rotatable bonds is 5. The van der Waals surface area contributed by atoms with Crippen LogP contribution in [0.2, 0.25) is 0 Å². The molecule has 4 heteroatoms. The zero-order valence-corrected chi connectivity index (χ0v) is 9.81. The Kier molecular flexibility index (Phi) is 4.38. The summed E-state index contributed by atoms with van der Waals surface area (Å²) in [7, 11) is 1.62. The van der Waals surface area contributed by atoms with E-state index in [1.165, 1.54) is 12.1 Å². The Morgan fingerprint density at radius 1 is 1.19 bits per heavy atom. The molecule has 0 amide bonds. The minimum absolute atomic E-state index is 0.225. The highest BCUT2D eigenvalue weighted by molar-refractivity contribution is 5.17. The van der Waals surface area contributed by atoms with Crippen LogP contribution in [0.3, 0.4) is 0 Å². The molecule has 90 valence electrons. The Balaban J connectivity index is 2.60. The van der Waals surface area contributed by atoms with Crippen molar-refractivity contribution in [3.63, 3.8) is 0 Å². The largest absolute Gasteiger partial charge is 0.383 e.